The van der Waals surface area contributed by atoms with Gasteiger partial charge in [0.2, 0.25) is 0 Å². The van der Waals surface area contributed by atoms with E-state index in [0.29, 0.717) is 0 Å². The van der Waals surface area contributed by atoms with Crippen LogP contribution in [0.2, 0.25) is 0 Å². The predicted molar refractivity (Wildman–Crippen MR) is 81.9 cm³/mol. The molecule has 4 heteroatoms. The second-order valence-electron chi connectivity index (χ2n) is 4.93. The minimum atomic E-state index is 0.798. The van der Waals surface area contributed by atoms with E-state index in [9.17, 15) is 0 Å². The van der Waals surface area contributed by atoms with Gasteiger partial charge in [-0.1, -0.05) is 0 Å². The average Bonchev–Trinajstić information content (AvgIpc) is 3.00. The molecule has 0 spiro atoms. The van der Waals surface area contributed by atoms with Gasteiger partial charge in [-0.05, 0) is 43.5 Å². The van der Waals surface area contributed by atoms with Gasteiger partial charge in [-0.15, -0.1) is 11.3 Å². The first-order chi connectivity index (χ1) is 9.42. The van der Waals surface area contributed by atoms with Crippen molar-refractivity contribution in [2.45, 2.75) is 25.8 Å². The van der Waals surface area contributed by atoms with Crippen LogP contribution in [0.3, 0.4) is 0 Å². The van der Waals surface area contributed by atoms with E-state index in [4.69, 9.17) is 0 Å². The summed E-state index contributed by atoms with van der Waals surface area (Å²) in [7, 11) is 0. The number of aromatic nitrogens is 1. The molecule has 19 heavy (non-hydrogen) atoms. The van der Waals surface area contributed by atoms with Crippen LogP contribution in [0.25, 0.3) is 0 Å². The standard InChI is InChI=1S/C15H19N3S/c1-2-8-18(9-3-1)15-6-4-13(5-7-15)16-10-14-11-19-12-17-14/h4-7,11-12,16H,1-3,8-10H2. The summed E-state index contributed by atoms with van der Waals surface area (Å²) >= 11 is 1.64. The van der Waals surface area contributed by atoms with Gasteiger partial charge < -0.3 is 10.2 Å². The summed E-state index contributed by atoms with van der Waals surface area (Å²) in [6.07, 6.45) is 4.03. The van der Waals surface area contributed by atoms with Crippen LogP contribution in [0, 0.1) is 0 Å². The second-order valence-corrected chi connectivity index (χ2v) is 5.65. The number of nitrogens with zero attached hydrogens (tertiary/aromatic N) is 2. The lowest BCUT2D eigenvalue weighted by atomic mass is 10.1. The van der Waals surface area contributed by atoms with Crippen molar-refractivity contribution in [2.75, 3.05) is 23.3 Å². The molecule has 0 saturated carbocycles. The average molecular weight is 273 g/mol. The minimum Gasteiger partial charge on any atom is -0.379 e. The summed E-state index contributed by atoms with van der Waals surface area (Å²) in [5.74, 6) is 0. The van der Waals surface area contributed by atoms with Gasteiger partial charge in [-0.25, -0.2) is 4.98 Å². The zero-order chi connectivity index (χ0) is 12.9. The van der Waals surface area contributed by atoms with Crippen molar-refractivity contribution >= 4 is 22.7 Å². The van der Waals surface area contributed by atoms with Crippen LogP contribution in [0.4, 0.5) is 11.4 Å². The Kier molecular flexibility index (Phi) is 3.98. The molecular formula is C15H19N3S. The molecular weight excluding hydrogens is 254 g/mol. The van der Waals surface area contributed by atoms with Crippen molar-refractivity contribution in [3.63, 3.8) is 0 Å². The highest BCUT2D eigenvalue weighted by Crippen LogP contribution is 2.22. The summed E-state index contributed by atoms with van der Waals surface area (Å²) in [5, 5.41) is 5.48. The molecule has 0 radical (unpaired) electrons. The number of hydrogen-bond donors (Lipinski definition) is 1. The van der Waals surface area contributed by atoms with E-state index in [1.54, 1.807) is 11.3 Å². The quantitative estimate of drug-likeness (QED) is 0.919. The Morgan fingerprint density at radius 1 is 1.11 bits per heavy atom. The third-order valence-corrected chi connectivity index (χ3v) is 4.18. The largest absolute Gasteiger partial charge is 0.379 e. The molecule has 0 atom stereocenters. The van der Waals surface area contributed by atoms with E-state index in [2.05, 4.69) is 44.8 Å². The maximum Gasteiger partial charge on any atom is 0.0795 e. The Morgan fingerprint density at radius 2 is 1.89 bits per heavy atom. The van der Waals surface area contributed by atoms with Gasteiger partial charge in [0.15, 0.2) is 0 Å². The lowest BCUT2D eigenvalue weighted by Gasteiger charge is -2.28. The maximum absolute atomic E-state index is 4.27. The molecule has 1 aromatic heterocycles. The molecule has 3 rings (SSSR count). The first kappa shape index (κ1) is 12.5. The number of benzene rings is 1. The third kappa shape index (κ3) is 3.26. The molecule has 1 N–H and O–H groups in total. The van der Waals surface area contributed by atoms with Crippen LogP contribution in [-0.4, -0.2) is 18.1 Å². The molecule has 1 aromatic carbocycles. The highest BCUT2D eigenvalue weighted by Gasteiger charge is 2.10. The first-order valence-corrected chi connectivity index (χ1v) is 7.82. The highest BCUT2D eigenvalue weighted by molar-refractivity contribution is 7.07. The number of anilines is 2. The van der Waals surface area contributed by atoms with Crippen LogP contribution in [0.5, 0.6) is 0 Å². The summed E-state index contributed by atoms with van der Waals surface area (Å²) in [5.41, 5.74) is 5.48. The second kappa shape index (κ2) is 6.06. The number of rotatable bonds is 4. The van der Waals surface area contributed by atoms with Crippen molar-refractivity contribution < 1.29 is 0 Å². The SMILES string of the molecule is c1nc(CNc2ccc(N3CCCCC3)cc2)cs1. The van der Waals surface area contributed by atoms with Gasteiger partial charge in [0.25, 0.3) is 0 Å². The van der Waals surface area contributed by atoms with Crippen LogP contribution in [0.1, 0.15) is 25.0 Å². The molecule has 3 nitrogen and oxygen atoms in total. The highest BCUT2D eigenvalue weighted by atomic mass is 32.1. The van der Waals surface area contributed by atoms with Crippen molar-refractivity contribution in [2.24, 2.45) is 0 Å². The molecule has 1 aliphatic rings. The molecule has 0 aliphatic carbocycles. The van der Waals surface area contributed by atoms with Crippen LogP contribution in [0.15, 0.2) is 35.2 Å². The van der Waals surface area contributed by atoms with E-state index in [0.717, 1.165) is 17.9 Å². The molecule has 2 heterocycles. The fraction of sp³-hybridized carbons (Fsp3) is 0.400. The van der Waals surface area contributed by atoms with Gasteiger partial charge in [-0.2, -0.15) is 0 Å². The number of piperidine rings is 1. The zero-order valence-electron chi connectivity index (χ0n) is 11.0. The first-order valence-electron chi connectivity index (χ1n) is 6.88. The van der Waals surface area contributed by atoms with Gasteiger partial charge >= 0.3 is 0 Å². The minimum absolute atomic E-state index is 0.798. The summed E-state index contributed by atoms with van der Waals surface area (Å²) in [6.45, 7) is 3.20. The third-order valence-electron chi connectivity index (χ3n) is 3.55. The molecule has 1 saturated heterocycles. The number of nitrogens with one attached hydrogen (secondary N) is 1. The smallest absolute Gasteiger partial charge is 0.0795 e. The van der Waals surface area contributed by atoms with Crippen molar-refractivity contribution in [3.8, 4) is 0 Å². The van der Waals surface area contributed by atoms with E-state index >= 15 is 0 Å². The molecule has 2 aromatic rings. The van der Waals surface area contributed by atoms with Crippen LogP contribution >= 0.6 is 11.3 Å². The fourth-order valence-electron chi connectivity index (χ4n) is 2.46. The maximum atomic E-state index is 4.27. The monoisotopic (exact) mass is 273 g/mol. The molecule has 0 unspecified atom stereocenters. The van der Waals surface area contributed by atoms with Crippen LogP contribution in [-0.2, 0) is 6.54 Å². The number of thiazole rings is 1. The molecule has 0 amide bonds. The topological polar surface area (TPSA) is 28.2 Å². The summed E-state index contributed by atoms with van der Waals surface area (Å²) in [4.78, 5) is 6.75. The van der Waals surface area contributed by atoms with E-state index < -0.39 is 0 Å². The van der Waals surface area contributed by atoms with Crippen molar-refractivity contribution in [1.82, 2.24) is 4.98 Å². The lowest BCUT2D eigenvalue weighted by molar-refractivity contribution is 0.578. The fourth-order valence-corrected chi connectivity index (χ4v) is 3.02. The molecule has 1 fully saturated rings. The van der Waals surface area contributed by atoms with Gasteiger partial charge in [-0.3, -0.25) is 0 Å². The molecule has 0 bridgehead atoms. The van der Waals surface area contributed by atoms with E-state index in [-0.39, 0.29) is 0 Å². The summed E-state index contributed by atoms with van der Waals surface area (Å²) in [6, 6.07) is 8.76. The van der Waals surface area contributed by atoms with Gasteiger partial charge in [0.05, 0.1) is 17.7 Å². The van der Waals surface area contributed by atoms with E-state index in [1.807, 2.05) is 5.51 Å². The Balaban J connectivity index is 1.58. The Morgan fingerprint density at radius 3 is 2.58 bits per heavy atom. The number of hydrogen-bond acceptors (Lipinski definition) is 4. The Bertz CT molecular complexity index is 487. The van der Waals surface area contributed by atoms with E-state index in [1.165, 1.54) is 38.0 Å². The van der Waals surface area contributed by atoms with Crippen molar-refractivity contribution in [3.05, 3.63) is 40.8 Å². The molecule has 1 aliphatic heterocycles. The molecule has 100 valence electrons. The predicted octanol–water partition coefficient (Wildman–Crippen LogP) is 3.75. The van der Waals surface area contributed by atoms with Gasteiger partial charge in [0.1, 0.15) is 0 Å². The van der Waals surface area contributed by atoms with Gasteiger partial charge in [0, 0.05) is 29.8 Å². The Labute approximate surface area is 118 Å². The lowest BCUT2D eigenvalue weighted by Crippen LogP contribution is -2.29. The zero-order valence-corrected chi connectivity index (χ0v) is 11.8. The summed E-state index contributed by atoms with van der Waals surface area (Å²) < 4.78 is 0. The van der Waals surface area contributed by atoms with Crippen molar-refractivity contribution in [1.29, 1.82) is 0 Å². The normalized spacial score (nSPS) is 15.5. The Hall–Kier alpha value is -1.55. The van der Waals surface area contributed by atoms with Crippen LogP contribution < -0.4 is 10.2 Å².